The minimum Gasteiger partial charge on any atom is -0.467 e. The first-order valence-electron chi connectivity index (χ1n) is 8.00. The Kier molecular flexibility index (Phi) is 4.64. The predicted octanol–water partition coefficient (Wildman–Crippen LogP) is 4.34. The fourth-order valence-electron chi connectivity index (χ4n) is 3.58. The van der Waals surface area contributed by atoms with Crippen LogP contribution in [0.2, 0.25) is 0 Å². The van der Waals surface area contributed by atoms with Gasteiger partial charge in [0.25, 0.3) is 0 Å². The van der Waals surface area contributed by atoms with E-state index in [0.717, 1.165) is 18.5 Å². The number of methoxy groups -OCH3 is 1. The van der Waals surface area contributed by atoms with Crippen LogP contribution >= 0.6 is 0 Å². The molecule has 0 amide bonds. The zero-order chi connectivity index (χ0) is 16.5. The molecule has 120 valence electrons. The van der Waals surface area contributed by atoms with E-state index in [0.29, 0.717) is 0 Å². The van der Waals surface area contributed by atoms with E-state index in [1.807, 2.05) is 0 Å². The van der Waals surface area contributed by atoms with E-state index in [4.69, 9.17) is 4.74 Å². The zero-order valence-electron chi connectivity index (χ0n) is 14.6. The van der Waals surface area contributed by atoms with Gasteiger partial charge in [0, 0.05) is 11.3 Å². The minimum absolute atomic E-state index is 0.155. The molecule has 0 N–H and O–H groups in total. The van der Waals surface area contributed by atoms with Gasteiger partial charge < -0.3 is 9.64 Å². The highest BCUT2D eigenvalue weighted by Crippen LogP contribution is 2.42. The van der Waals surface area contributed by atoms with Crippen molar-refractivity contribution < 1.29 is 9.53 Å². The van der Waals surface area contributed by atoms with Crippen molar-refractivity contribution in [3.8, 4) is 0 Å². The Morgan fingerprint density at radius 2 is 2.00 bits per heavy atom. The molecule has 1 aliphatic rings. The number of esters is 1. The summed E-state index contributed by atoms with van der Waals surface area (Å²) in [5.41, 5.74) is 4.61. The summed E-state index contributed by atoms with van der Waals surface area (Å²) in [5, 5.41) is 0. The van der Waals surface area contributed by atoms with Gasteiger partial charge in [-0.2, -0.15) is 0 Å². The Hall–Kier alpha value is -1.77. The Morgan fingerprint density at radius 3 is 2.59 bits per heavy atom. The average Bonchev–Trinajstić information content (AvgIpc) is 2.45. The number of nitrogens with zero attached hydrogens (tertiary/aromatic N) is 1. The molecule has 1 aromatic rings. The van der Waals surface area contributed by atoms with Gasteiger partial charge in [-0.05, 0) is 45.3 Å². The van der Waals surface area contributed by atoms with Crippen LogP contribution in [0.25, 0.3) is 5.57 Å². The van der Waals surface area contributed by atoms with Crippen LogP contribution in [0.5, 0.6) is 0 Å². The molecule has 0 aromatic heterocycles. The molecule has 0 unspecified atom stereocenters. The van der Waals surface area contributed by atoms with Gasteiger partial charge in [0.1, 0.15) is 6.04 Å². The number of carbonyl (C=O) groups excluding carboxylic acids is 1. The molecular formula is C19H27NO2. The lowest BCUT2D eigenvalue weighted by molar-refractivity contribution is -0.142. The first kappa shape index (κ1) is 16.6. The smallest absolute Gasteiger partial charge is 0.328 e. The van der Waals surface area contributed by atoms with Crippen molar-refractivity contribution in [1.29, 1.82) is 0 Å². The molecule has 0 fully saturated rings. The lowest BCUT2D eigenvalue weighted by Crippen LogP contribution is -2.54. The summed E-state index contributed by atoms with van der Waals surface area (Å²) in [5.74, 6) is -0.155. The van der Waals surface area contributed by atoms with Crippen LogP contribution < -0.4 is 4.90 Å². The van der Waals surface area contributed by atoms with Crippen molar-refractivity contribution in [2.75, 3.05) is 12.0 Å². The molecule has 2 rings (SSSR count). The molecular weight excluding hydrogens is 274 g/mol. The van der Waals surface area contributed by atoms with Crippen molar-refractivity contribution in [1.82, 2.24) is 0 Å². The molecule has 0 saturated heterocycles. The highest BCUT2D eigenvalue weighted by Gasteiger charge is 2.39. The number of para-hydroxylation sites is 1. The number of anilines is 1. The van der Waals surface area contributed by atoms with Gasteiger partial charge in [-0.15, -0.1) is 0 Å². The normalized spacial score (nSPS) is 17.5. The first-order valence-corrected chi connectivity index (χ1v) is 8.00. The molecule has 22 heavy (non-hydrogen) atoms. The van der Waals surface area contributed by atoms with E-state index < -0.39 is 0 Å². The number of benzene rings is 1. The Labute approximate surface area is 134 Å². The largest absolute Gasteiger partial charge is 0.467 e. The average molecular weight is 301 g/mol. The Bertz CT molecular complexity index is 601. The molecule has 1 aliphatic heterocycles. The van der Waals surface area contributed by atoms with Crippen LogP contribution in [-0.2, 0) is 9.53 Å². The quantitative estimate of drug-likeness (QED) is 0.775. The van der Waals surface area contributed by atoms with E-state index in [1.54, 1.807) is 0 Å². The lowest BCUT2D eigenvalue weighted by atomic mass is 9.85. The van der Waals surface area contributed by atoms with Crippen molar-refractivity contribution >= 4 is 17.2 Å². The van der Waals surface area contributed by atoms with E-state index >= 15 is 0 Å². The van der Waals surface area contributed by atoms with Gasteiger partial charge >= 0.3 is 5.97 Å². The summed E-state index contributed by atoms with van der Waals surface area (Å²) in [6.45, 7) is 10.7. The molecule has 0 bridgehead atoms. The maximum absolute atomic E-state index is 12.4. The highest BCUT2D eigenvalue weighted by molar-refractivity contribution is 5.88. The van der Waals surface area contributed by atoms with Gasteiger partial charge in [-0.25, -0.2) is 4.79 Å². The number of allylic oxidation sites excluding steroid dienone is 1. The van der Waals surface area contributed by atoms with Gasteiger partial charge in [0.05, 0.1) is 12.6 Å². The van der Waals surface area contributed by atoms with Crippen molar-refractivity contribution in [2.45, 2.75) is 59.0 Å². The van der Waals surface area contributed by atoms with Gasteiger partial charge in [-0.1, -0.05) is 37.6 Å². The van der Waals surface area contributed by atoms with Crippen LogP contribution in [0.4, 0.5) is 5.69 Å². The maximum Gasteiger partial charge on any atom is 0.328 e. The summed E-state index contributed by atoms with van der Waals surface area (Å²) >= 11 is 0. The summed E-state index contributed by atoms with van der Waals surface area (Å²) in [7, 11) is 1.47. The molecule has 1 aromatic carbocycles. The highest BCUT2D eigenvalue weighted by atomic mass is 16.5. The van der Waals surface area contributed by atoms with E-state index in [1.165, 1.54) is 23.8 Å². The van der Waals surface area contributed by atoms with E-state index in [9.17, 15) is 4.79 Å². The SMILES string of the molecule is CCC[C@H](C(=O)OC)N1c2c(C)cccc2C(C)=CC1(C)C. The third-order valence-corrected chi connectivity index (χ3v) is 4.44. The summed E-state index contributed by atoms with van der Waals surface area (Å²) in [6, 6.07) is 6.07. The van der Waals surface area contributed by atoms with Crippen LogP contribution in [0.3, 0.4) is 0 Å². The first-order chi connectivity index (χ1) is 10.3. The van der Waals surface area contributed by atoms with Crippen molar-refractivity contribution in [2.24, 2.45) is 0 Å². The molecule has 1 heterocycles. The summed E-state index contributed by atoms with van der Waals surface area (Å²) < 4.78 is 5.09. The van der Waals surface area contributed by atoms with Crippen molar-refractivity contribution in [3.05, 3.63) is 35.4 Å². The lowest BCUT2D eigenvalue weighted by Gasteiger charge is -2.47. The Morgan fingerprint density at radius 1 is 1.32 bits per heavy atom. The van der Waals surface area contributed by atoms with Crippen LogP contribution in [-0.4, -0.2) is 24.7 Å². The van der Waals surface area contributed by atoms with E-state index in [2.05, 4.69) is 63.8 Å². The summed E-state index contributed by atoms with van der Waals surface area (Å²) in [4.78, 5) is 14.7. The minimum atomic E-state index is -0.255. The molecule has 1 atom stereocenters. The third kappa shape index (κ3) is 2.77. The predicted molar refractivity (Wildman–Crippen MR) is 92.1 cm³/mol. The van der Waals surface area contributed by atoms with Crippen LogP contribution in [0.1, 0.15) is 51.7 Å². The summed E-state index contributed by atoms with van der Waals surface area (Å²) in [6.07, 6.45) is 3.98. The van der Waals surface area contributed by atoms with Gasteiger partial charge in [0.15, 0.2) is 0 Å². The number of hydrogen-bond acceptors (Lipinski definition) is 3. The molecule has 0 radical (unpaired) electrons. The second-order valence-corrected chi connectivity index (χ2v) is 6.65. The molecule has 0 spiro atoms. The number of carbonyl (C=O) groups is 1. The number of rotatable bonds is 4. The second kappa shape index (κ2) is 6.15. The fourth-order valence-corrected chi connectivity index (χ4v) is 3.58. The monoisotopic (exact) mass is 301 g/mol. The Balaban J connectivity index is 2.65. The molecule has 3 nitrogen and oxygen atoms in total. The number of aryl methyl sites for hydroxylation is 1. The van der Waals surface area contributed by atoms with Crippen LogP contribution in [0.15, 0.2) is 24.3 Å². The number of hydrogen-bond donors (Lipinski definition) is 0. The number of ether oxygens (including phenoxy) is 1. The zero-order valence-corrected chi connectivity index (χ0v) is 14.6. The fraction of sp³-hybridized carbons (Fsp3) is 0.526. The van der Waals surface area contributed by atoms with E-state index in [-0.39, 0.29) is 17.6 Å². The van der Waals surface area contributed by atoms with Crippen molar-refractivity contribution in [3.63, 3.8) is 0 Å². The van der Waals surface area contributed by atoms with Gasteiger partial charge in [-0.3, -0.25) is 0 Å². The molecule has 3 heteroatoms. The molecule has 0 saturated carbocycles. The second-order valence-electron chi connectivity index (χ2n) is 6.65. The number of fused-ring (bicyclic) bond motifs is 1. The molecule has 0 aliphatic carbocycles. The van der Waals surface area contributed by atoms with Gasteiger partial charge in [0.2, 0.25) is 0 Å². The topological polar surface area (TPSA) is 29.5 Å². The third-order valence-electron chi connectivity index (χ3n) is 4.44. The maximum atomic E-state index is 12.4. The van der Waals surface area contributed by atoms with Crippen LogP contribution in [0, 0.1) is 6.92 Å². The standard InChI is InChI=1S/C19H27NO2/c1-7-9-16(18(21)22-6)20-17-13(2)10-8-11-15(17)14(3)12-19(20,4)5/h8,10-12,16H,7,9H2,1-6H3/t16-/m1/s1.